The van der Waals surface area contributed by atoms with Gasteiger partial charge in [-0.2, -0.15) is 9.41 Å². The first-order valence-electron chi connectivity index (χ1n) is 10.2. The third kappa shape index (κ3) is 4.41. The van der Waals surface area contributed by atoms with Crippen molar-refractivity contribution in [1.82, 2.24) is 14.2 Å². The second kappa shape index (κ2) is 8.52. The molecule has 0 unspecified atom stereocenters. The summed E-state index contributed by atoms with van der Waals surface area (Å²) in [5, 5.41) is 5.30. The lowest BCUT2D eigenvalue weighted by Gasteiger charge is -2.35. The highest BCUT2D eigenvalue weighted by Crippen LogP contribution is 2.24. The van der Waals surface area contributed by atoms with E-state index in [0.717, 1.165) is 15.4 Å². The Kier molecular flexibility index (Phi) is 6.07. The van der Waals surface area contributed by atoms with E-state index in [0.29, 0.717) is 0 Å². The number of hydrogen-bond donors (Lipinski definition) is 0. The average molecular weight is 487 g/mol. The average Bonchev–Trinajstić information content (AvgIpc) is 3.13. The first-order valence-corrected chi connectivity index (χ1v) is 13.5. The van der Waals surface area contributed by atoms with Crippen molar-refractivity contribution in [3.05, 3.63) is 30.1 Å². The topological polar surface area (TPSA) is 124 Å². The van der Waals surface area contributed by atoms with Gasteiger partial charge in [-0.25, -0.2) is 26.2 Å². The highest BCUT2D eigenvalue weighted by Gasteiger charge is 2.39. The lowest BCUT2D eigenvalue weighted by atomic mass is 10.1. The van der Waals surface area contributed by atoms with E-state index >= 15 is 0 Å². The molecular weight excluding hydrogens is 463 g/mol. The molecule has 3 heterocycles. The van der Waals surface area contributed by atoms with Gasteiger partial charge in [-0.3, -0.25) is 9.59 Å². The summed E-state index contributed by atoms with van der Waals surface area (Å²) in [5.74, 6) is -1.74. The molecule has 2 fully saturated rings. The first kappa shape index (κ1) is 22.8. The number of amides is 2. The summed E-state index contributed by atoms with van der Waals surface area (Å²) < 4.78 is 64.1. The largest absolute Gasteiger partial charge is 0.335 e. The molecule has 0 spiro atoms. The summed E-state index contributed by atoms with van der Waals surface area (Å²) in [6.07, 6.45) is 0.482. The molecule has 13 heteroatoms. The standard InChI is InChI=1S/C19H23FN4O6S2/c20-15-3-1-2-4-17(15)32(29,30)23-10-8-22(9-11-23)19(26)16-5-6-18(25)24(21-16)14-7-12-31(27,28)13-14/h1-4,14H,5-13H2/t14-/m1/s1. The van der Waals surface area contributed by atoms with Crippen LogP contribution in [-0.2, 0) is 29.4 Å². The van der Waals surface area contributed by atoms with Crippen LogP contribution in [-0.4, -0.2) is 92.3 Å². The normalized spacial score (nSPS) is 24.5. The van der Waals surface area contributed by atoms with Crippen LogP contribution in [0, 0.1) is 5.82 Å². The minimum Gasteiger partial charge on any atom is -0.335 e. The molecule has 0 aliphatic carbocycles. The van der Waals surface area contributed by atoms with Crippen molar-refractivity contribution in [2.24, 2.45) is 5.10 Å². The van der Waals surface area contributed by atoms with Crippen LogP contribution in [0.5, 0.6) is 0 Å². The van der Waals surface area contributed by atoms with Gasteiger partial charge in [0.1, 0.15) is 16.4 Å². The Bertz CT molecular complexity index is 1180. The Morgan fingerprint density at radius 1 is 1.09 bits per heavy atom. The number of rotatable bonds is 4. The van der Waals surface area contributed by atoms with Crippen molar-refractivity contribution in [2.45, 2.75) is 30.2 Å². The molecule has 0 aromatic heterocycles. The molecule has 4 rings (SSSR count). The van der Waals surface area contributed by atoms with Crippen molar-refractivity contribution >= 4 is 37.4 Å². The molecule has 32 heavy (non-hydrogen) atoms. The predicted octanol–water partition coefficient (Wildman–Crippen LogP) is -0.176. The molecule has 2 saturated heterocycles. The summed E-state index contributed by atoms with van der Waals surface area (Å²) in [6, 6.07) is 4.56. The highest BCUT2D eigenvalue weighted by molar-refractivity contribution is 7.91. The molecule has 1 atom stereocenters. The van der Waals surface area contributed by atoms with Gasteiger partial charge in [-0.15, -0.1) is 0 Å². The fourth-order valence-electron chi connectivity index (χ4n) is 4.09. The maximum Gasteiger partial charge on any atom is 0.270 e. The van der Waals surface area contributed by atoms with E-state index in [4.69, 9.17) is 0 Å². The number of hydrogen-bond acceptors (Lipinski definition) is 7. The number of carbonyl (C=O) groups excluding carboxylic acids is 2. The van der Waals surface area contributed by atoms with Crippen molar-refractivity contribution < 1.29 is 30.8 Å². The zero-order chi connectivity index (χ0) is 23.1. The van der Waals surface area contributed by atoms with Gasteiger partial charge in [0.2, 0.25) is 15.9 Å². The number of carbonyl (C=O) groups is 2. The molecule has 0 N–H and O–H groups in total. The summed E-state index contributed by atoms with van der Waals surface area (Å²) in [6.45, 7) is 0.187. The molecule has 0 radical (unpaired) electrons. The number of halogens is 1. The van der Waals surface area contributed by atoms with Crippen molar-refractivity contribution in [3.63, 3.8) is 0 Å². The number of piperazine rings is 1. The Labute approximate surface area is 185 Å². The van der Waals surface area contributed by atoms with Gasteiger partial charge >= 0.3 is 0 Å². The molecule has 2 amide bonds. The van der Waals surface area contributed by atoms with Crippen LogP contribution in [0.2, 0.25) is 0 Å². The van der Waals surface area contributed by atoms with E-state index in [1.807, 2.05) is 0 Å². The van der Waals surface area contributed by atoms with Crippen LogP contribution >= 0.6 is 0 Å². The smallest absolute Gasteiger partial charge is 0.270 e. The van der Waals surface area contributed by atoms with Gasteiger partial charge in [0.05, 0.1) is 17.5 Å². The SMILES string of the molecule is O=C(C1=NN([C@@H]2CCS(=O)(=O)C2)C(=O)CC1)N1CCN(S(=O)(=O)c2ccccc2F)CC1. The minimum atomic E-state index is -4.02. The van der Waals surface area contributed by atoms with E-state index in [1.165, 1.54) is 23.1 Å². The van der Waals surface area contributed by atoms with Crippen molar-refractivity contribution in [3.8, 4) is 0 Å². The van der Waals surface area contributed by atoms with E-state index in [-0.39, 0.29) is 68.6 Å². The Hall–Kier alpha value is -2.38. The molecular formula is C19H23FN4O6S2. The predicted molar refractivity (Wildman–Crippen MR) is 112 cm³/mol. The number of sulfone groups is 1. The van der Waals surface area contributed by atoms with Crippen LogP contribution in [0.3, 0.4) is 0 Å². The van der Waals surface area contributed by atoms with Crippen molar-refractivity contribution in [2.75, 3.05) is 37.7 Å². The maximum atomic E-state index is 14.0. The zero-order valence-corrected chi connectivity index (χ0v) is 18.8. The van der Waals surface area contributed by atoms with E-state index < -0.39 is 42.5 Å². The van der Waals surface area contributed by atoms with E-state index in [2.05, 4.69) is 5.10 Å². The molecule has 0 bridgehead atoms. The van der Waals surface area contributed by atoms with Gasteiger partial charge in [-0.1, -0.05) is 12.1 Å². The van der Waals surface area contributed by atoms with Crippen LogP contribution in [0.4, 0.5) is 4.39 Å². The molecule has 174 valence electrons. The third-order valence-electron chi connectivity index (χ3n) is 5.84. The summed E-state index contributed by atoms with van der Waals surface area (Å²) in [4.78, 5) is 26.2. The van der Waals surface area contributed by atoms with E-state index in [9.17, 15) is 30.8 Å². The Balaban J connectivity index is 1.44. The first-order chi connectivity index (χ1) is 15.1. The highest BCUT2D eigenvalue weighted by atomic mass is 32.2. The van der Waals surface area contributed by atoms with Crippen LogP contribution in [0.15, 0.2) is 34.3 Å². The van der Waals surface area contributed by atoms with Crippen molar-refractivity contribution in [1.29, 1.82) is 0 Å². The molecule has 1 aromatic carbocycles. The second-order valence-corrected chi connectivity index (χ2v) is 12.1. The second-order valence-electron chi connectivity index (χ2n) is 7.97. The fourth-order valence-corrected chi connectivity index (χ4v) is 7.27. The number of nitrogens with zero attached hydrogens (tertiary/aromatic N) is 4. The monoisotopic (exact) mass is 486 g/mol. The van der Waals surface area contributed by atoms with Gasteiger partial charge < -0.3 is 4.90 Å². The number of hydrazone groups is 1. The molecule has 0 saturated carbocycles. The summed E-state index contributed by atoms with van der Waals surface area (Å²) >= 11 is 0. The molecule has 10 nitrogen and oxygen atoms in total. The van der Waals surface area contributed by atoms with Gasteiger partial charge in [0.25, 0.3) is 5.91 Å². The number of sulfonamides is 1. The van der Waals surface area contributed by atoms with E-state index in [1.54, 1.807) is 0 Å². The zero-order valence-electron chi connectivity index (χ0n) is 17.2. The fraction of sp³-hybridized carbons (Fsp3) is 0.526. The minimum absolute atomic E-state index is 0.000793. The van der Waals surface area contributed by atoms with Crippen LogP contribution < -0.4 is 0 Å². The Morgan fingerprint density at radius 2 is 1.78 bits per heavy atom. The molecule has 1 aromatic rings. The summed E-state index contributed by atoms with van der Waals surface area (Å²) in [7, 11) is -7.24. The van der Waals surface area contributed by atoms with Crippen LogP contribution in [0.1, 0.15) is 19.3 Å². The molecule has 3 aliphatic rings. The number of benzene rings is 1. The maximum absolute atomic E-state index is 14.0. The molecule has 3 aliphatic heterocycles. The lowest BCUT2D eigenvalue weighted by molar-refractivity contribution is -0.134. The quantitative estimate of drug-likeness (QED) is 0.582. The summed E-state index contributed by atoms with van der Waals surface area (Å²) in [5.41, 5.74) is 0.152. The van der Waals surface area contributed by atoms with Crippen LogP contribution in [0.25, 0.3) is 0 Å². The van der Waals surface area contributed by atoms with Gasteiger partial charge in [0, 0.05) is 39.0 Å². The third-order valence-corrected chi connectivity index (χ3v) is 9.52. The van der Waals surface area contributed by atoms with Gasteiger partial charge in [0.15, 0.2) is 9.84 Å². The van der Waals surface area contributed by atoms with Gasteiger partial charge in [-0.05, 0) is 18.6 Å². The Morgan fingerprint density at radius 3 is 2.41 bits per heavy atom. The lowest BCUT2D eigenvalue weighted by Crippen LogP contribution is -2.53.